The van der Waals surface area contributed by atoms with E-state index < -0.39 is 16.6 Å². The monoisotopic (exact) mass is 498 g/mol. The molecular weight excluding hydrogens is 456 g/mol. The molecule has 0 radical (unpaired) electrons. The zero-order chi connectivity index (χ0) is 25.9. The van der Waals surface area contributed by atoms with Crippen LogP contribution < -0.4 is 13.6 Å². The smallest absolute Gasteiger partial charge is 0.308 e. The van der Waals surface area contributed by atoms with E-state index in [1.165, 1.54) is 6.92 Å². The Morgan fingerprint density at radius 1 is 0.676 bits per heavy atom. The Morgan fingerprint density at radius 2 is 1.09 bits per heavy atom. The fourth-order valence-electron chi connectivity index (χ4n) is 2.71. The molecule has 186 valence electrons. The average molecular weight is 499 g/mol. The molecule has 2 aromatic rings. The maximum Gasteiger partial charge on any atom is 0.308 e. The Kier molecular flexibility index (Phi) is 8.31. The van der Waals surface area contributed by atoms with Gasteiger partial charge in [0, 0.05) is 13.0 Å². The van der Waals surface area contributed by atoms with Crippen LogP contribution in [0.2, 0.25) is 36.3 Å². The quantitative estimate of drug-likeness (QED) is 0.166. The Bertz CT molecular complexity index is 978. The van der Waals surface area contributed by atoms with Gasteiger partial charge in [0.05, 0.1) is 0 Å². The van der Waals surface area contributed by atoms with Gasteiger partial charge in [-0.3, -0.25) is 4.79 Å². The van der Waals surface area contributed by atoms with Gasteiger partial charge in [-0.15, -0.1) is 0 Å². The molecular formula is C28H42O4Si2. The summed E-state index contributed by atoms with van der Waals surface area (Å²) < 4.78 is 18.4. The van der Waals surface area contributed by atoms with Gasteiger partial charge >= 0.3 is 5.97 Å². The maximum atomic E-state index is 11.1. The van der Waals surface area contributed by atoms with Gasteiger partial charge in [0.1, 0.15) is 17.2 Å². The molecule has 2 rings (SSSR count). The summed E-state index contributed by atoms with van der Waals surface area (Å²) in [5.41, 5.74) is 2.03. The lowest BCUT2D eigenvalue weighted by atomic mass is 10.1. The molecule has 0 aliphatic heterocycles. The lowest BCUT2D eigenvalue weighted by Crippen LogP contribution is -2.44. The van der Waals surface area contributed by atoms with Crippen LogP contribution in [-0.4, -0.2) is 22.6 Å². The van der Waals surface area contributed by atoms with Gasteiger partial charge in [0.25, 0.3) is 0 Å². The second kappa shape index (κ2) is 10.1. The number of benzene rings is 2. The summed E-state index contributed by atoms with van der Waals surface area (Å²) in [4.78, 5) is 11.1. The lowest BCUT2D eigenvalue weighted by Gasteiger charge is -2.38. The summed E-state index contributed by atoms with van der Waals surface area (Å²) in [7, 11) is -4.01. The standard InChI is InChI=1S/C28H42O4Si2/c1-21(29)30-24-16-14-22(15-17-24)12-13-23-18-25(31-33(8,9)27(2,3)4)20-26(19-23)32-34(10,11)28(5,6)7/h12-20H,1-11H3/b13-12+. The molecule has 0 amide bonds. The van der Waals surface area contributed by atoms with Crippen molar-refractivity contribution in [3.05, 3.63) is 53.6 Å². The largest absolute Gasteiger partial charge is 0.543 e. The third-order valence-electron chi connectivity index (χ3n) is 6.87. The molecule has 4 nitrogen and oxygen atoms in total. The Morgan fingerprint density at radius 3 is 1.47 bits per heavy atom. The van der Waals surface area contributed by atoms with E-state index in [9.17, 15) is 4.79 Å². The van der Waals surface area contributed by atoms with Gasteiger partial charge in [-0.05, 0) is 71.7 Å². The highest BCUT2D eigenvalue weighted by atomic mass is 28.4. The van der Waals surface area contributed by atoms with Crippen molar-refractivity contribution in [2.45, 2.75) is 84.7 Å². The van der Waals surface area contributed by atoms with Crippen molar-refractivity contribution in [3.63, 3.8) is 0 Å². The average Bonchev–Trinajstić information content (AvgIpc) is 2.64. The first kappa shape index (κ1) is 27.9. The summed E-state index contributed by atoms with van der Waals surface area (Å²) in [6.07, 6.45) is 4.11. The van der Waals surface area contributed by atoms with Crippen molar-refractivity contribution in [1.29, 1.82) is 0 Å². The van der Waals surface area contributed by atoms with Gasteiger partial charge < -0.3 is 13.6 Å². The minimum absolute atomic E-state index is 0.100. The van der Waals surface area contributed by atoms with E-state index in [0.717, 1.165) is 22.6 Å². The van der Waals surface area contributed by atoms with Crippen LogP contribution in [0.4, 0.5) is 0 Å². The molecule has 0 aromatic heterocycles. The lowest BCUT2D eigenvalue weighted by molar-refractivity contribution is -0.131. The molecule has 0 aliphatic carbocycles. The summed E-state index contributed by atoms with van der Waals surface area (Å²) in [5, 5.41) is 0.200. The van der Waals surface area contributed by atoms with E-state index in [2.05, 4.69) is 85.9 Å². The number of rotatable bonds is 7. The number of carbonyl (C=O) groups excluding carboxylic acids is 1. The minimum atomic E-state index is -2.00. The number of ether oxygens (including phenoxy) is 1. The fraction of sp³-hybridized carbons (Fsp3) is 0.464. The van der Waals surface area contributed by atoms with Gasteiger partial charge in [0.2, 0.25) is 16.6 Å². The molecule has 0 heterocycles. The van der Waals surface area contributed by atoms with Gasteiger partial charge in [-0.25, -0.2) is 0 Å². The van der Waals surface area contributed by atoms with Crippen LogP contribution in [0.3, 0.4) is 0 Å². The number of hydrogen-bond donors (Lipinski definition) is 0. The molecule has 0 fully saturated rings. The van der Waals surface area contributed by atoms with Crippen molar-refractivity contribution in [2.75, 3.05) is 0 Å². The first-order valence-corrected chi connectivity index (χ1v) is 17.7. The predicted molar refractivity (Wildman–Crippen MR) is 149 cm³/mol. The first-order valence-electron chi connectivity index (χ1n) is 11.9. The Labute approximate surface area is 208 Å². The maximum absolute atomic E-state index is 11.1. The van der Waals surface area contributed by atoms with Crippen LogP contribution in [-0.2, 0) is 4.79 Å². The van der Waals surface area contributed by atoms with Crippen LogP contribution in [0.15, 0.2) is 42.5 Å². The summed E-state index contributed by atoms with van der Waals surface area (Å²) in [6, 6.07) is 13.7. The molecule has 0 saturated carbocycles. The molecule has 0 aliphatic rings. The summed E-state index contributed by atoms with van der Waals surface area (Å²) in [5.74, 6) is 1.93. The van der Waals surface area contributed by atoms with Crippen molar-refractivity contribution >= 4 is 34.8 Å². The first-order chi connectivity index (χ1) is 15.4. The van der Waals surface area contributed by atoms with Crippen LogP contribution >= 0.6 is 0 Å². The molecule has 2 aromatic carbocycles. The van der Waals surface area contributed by atoms with Crippen LogP contribution in [0.1, 0.15) is 59.6 Å². The molecule has 34 heavy (non-hydrogen) atoms. The highest BCUT2D eigenvalue weighted by molar-refractivity contribution is 6.75. The number of esters is 1. The minimum Gasteiger partial charge on any atom is -0.543 e. The van der Waals surface area contributed by atoms with Crippen LogP contribution in [0, 0.1) is 0 Å². The topological polar surface area (TPSA) is 44.8 Å². The van der Waals surface area contributed by atoms with Crippen molar-refractivity contribution in [1.82, 2.24) is 0 Å². The van der Waals surface area contributed by atoms with E-state index in [0.29, 0.717) is 5.75 Å². The van der Waals surface area contributed by atoms with Crippen LogP contribution in [0.5, 0.6) is 17.2 Å². The SMILES string of the molecule is CC(=O)Oc1ccc(/C=C/c2cc(O[Si](C)(C)C(C)(C)C)cc(O[Si](C)(C)C(C)(C)C)c2)cc1. The molecule has 0 N–H and O–H groups in total. The zero-order valence-electron chi connectivity index (χ0n) is 22.8. The van der Waals surface area contributed by atoms with E-state index >= 15 is 0 Å². The molecule has 0 bridgehead atoms. The third-order valence-corrected chi connectivity index (χ3v) is 15.6. The van der Waals surface area contributed by atoms with Gasteiger partial charge in [-0.1, -0.05) is 65.8 Å². The second-order valence-corrected chi connectivity index (χ2v) is 21.4. The van der Waals surface area contributed by atoms with Crippen molar-refractivity contribution in [3.8, 4) is 17.2 Å². The molecule has 0 saturated heterocycles. The third kappa shape index (κ3) is 7.60. The highest BCUT2D eigenvalue weighted by Gasteiger charge is 2.40. The van der Waals surface area contributed by atoms with E-state index in [4.69, 9.17) is 13.6 Å². The van der Waals surface area contributed by atoms with E-state index in [1.807, 2.05) is 24.3 Å². The predicted octanol–water partition coefficient (Wildman–Crippen LogP) is 8.55. The second-order valence-electron chi connectivity index (χ2n) is 12.0. The summed E-state index contributed by atoms with van der Waals surface area (Å²) >= 11 is 0. The fourth-order valence-corrected chi connectivity index (χ4v) is 4.74. The molecule has 0 spiro atoms. The number of carbonyl (C=O) groups is 1. The van der Waals surface area contributed by atoms with Crippen molar-refractivity contribution in [2.24, 2.45) is 0 Å². The highest BCUT2D eigenvalue weighted by Crippen LogP contribution is 2.41. The van der Waals surface area contributed by atoms with Gasteiger partial charge in [-0.2, -0.15) is 0 Å². The van der Waals surface area contributed by atoms with Gasteiger partial charge in [0.15, 0.2) is 0 Å². The molecule has 0 unspecified atom stereocenters. The summed E-state index contributed by atoms with van der Waals surface area (Å²) in [6.45, 7) is 23.9. The van der Waals surface area contributed by atoms with E-state index in [1.54, 1.807) is 12.1 Å². The van der Waals surface area contributed by atoms with E-state index in [-0.39, 0.29) is 16.0 Å². The van der Waals surface area contributed by atoms with Crippen molar-refractivity contribution < 1.29 is 18.4 Å². The Hall–Kier alpha value is -2.32. The molecule has 6 heteroatoms. The number of hydrogen-bond acceptors (Lipinski definition) is 4. The molecule has 0 atom stereocenters. The zero-order valence-corrected chi connectivity index (χ0v) is 24.8. The Balaban J connectivity index is 2.41. The van der Waals surface area contributed by atoms with Crippen LogP contribution in [0.25, 0.3) is 12.2 Å². The normalized spacial score (nSPS) is 13.1.